The van der Waals surface area contributed by atoms with Crippen molar-refractivity contribution in [3.8, 4) is 0 Å². The first-order valence-corrected chi connectivity index (χ1v) is 3.85. The molecule has 0 unspecified atom stereocenters. The van der Waals surface area contributed by atoms with Crippen molar-refractivity contribution in [3.05, 3.63) is 12.2 Å². The molecule has 1 saturated heterocycles. The van der Waals surface area contributed by atoms with E-state index < -0.39 is 5.97 Å². The van der Waals surface area contributed by atoms with Gasteiger partial charge in [0.1, 0.15) is 0 Å². The predicted octanol–water partition coefficient (Wildman–Crippen LogP) is 0.721. The molecule has 1 aliphatic heterocycles. The molecule has 0 aliphatic carbocycles. The summed E-state index contributed by atoms with van der Waals surface area (Å²) in [7, 11) is 0. The van der Waals surface area contributed by atoms with E-state index in [1.807, 2.05) is 6.92 Å². The van der Waals surface area contributed by atoms with Crippen LogP contribution in [0.15, 0.2) is 12.2 Å². The fourth-order valence-corrected chi connectivity index (χ4v) is 1.09. The molecule has 1 rings (SSSR count). The van der Waals surface area contributed by atoms with Gasteiger partial charge in [0.05, 0.1) is 0 Å². The summed E-state index contributed by atoms with van der Waals surface area (Å²) in [6.07, 6.45) is 4.18. The molecule has 1 fully saturated rings. The van der Waals surface area contributed by atoms with Crippen LogP contribution in [0, 0.1) is 0 Å². The Morgan fingerprint density at radius 3 is 2.64 bits per heavy atom. The number of carboxylic acid groups (broad SMARTS) is 1. The number of likely N-dealkylation sites (tertiary alicyclic amines) is 1. The minimum atomic E-state index is -0.864. The van der Waals surface area contributed by atoms with E-state index in [1.165, 1.54) is 12.5 Å². The third-order valence-corrected chi connectivity index (χ3v) is 1.98. The Morgan fingerprint density at radius 1 is 1.64 bits per heavy atom. The van der Waals surface area contributed by atoms with E-state index in [1.54, 1.807) is 6.08 Å². The first-order valence-electron chi connectivity index (χ1n) is 3.85. The van der Waals surface area contributed by atoms with Crippen molar-refractivity contribution in [1.29, 1.82) is 0 Å². The molecule has 0 aromatic carbocycles. The topological polar surface area (TPSA) is 40.5 Å². The van der Waals surface area contributed by atoms with Crippen molar-refractivity contribution in [2.75, 3.05) is 13.1 Å². The second-order valence-electron chi connectivity index (χ2n) is 2.83. The second kappa shape index (κ2) is 3.53. The summed E-state index contributed by atoms with van der Waals surface area (Å²) in [5.74, 6) is -0.864. The summed E-state index contributed by atoms with van der Waals surface area (Å²) in [6, 6.07) is 0.278. The number of carbonyl (C=O) groups is 1. The molecule has 62 valence electrons. The van der Waals surface area contributed by atoms with Gasteiger partial charge in [-0.1, -0.05) is 6.08 Å². The van der Waals surface area contributed by atoms with E-state index in [0.29, 0.717) is 0 Å². The molecule has 0 aromatic heterocycles. The Morgan fingerprint density at radius 2 is 2.27 bits per heavy atom. The minimum absolute atomic E-state index is 0.278. The van der Waals surface area contributed by atoms with Crippen LogP contribution in [0.5, 0.6) is 0 Å². The maximum absolute atomic E-state index is 10.1. The van der Waals surface area contributed by atoms with Gasteiger partial charge in [0.25, 0.3) is 0 Å². The molecule has 0 aromatic rings. The molecule has 3 heteroatoms. The summed E-state index contributed by atoms with van der Waals surface area (Å²) < 4.78 is 0. The molecule has 1 heterocycles. The average molecular weight is 155 g/mol. The molecular weight excluding hydrogens is 142 g/mol. The Balaban J connectivity index is 2.29. The lowest BCUT2D eigenvalue weighted by Gasteiger charge is -2.34. The van der Waals surface area contributed by atoms with E-state index in [0.717, 1.165) is 13.1 Å². The van der Waals surface area contributed by atoms with Crippen molar-refractivity contribution < 1.29 is 9.90 Å². The monoisotopic (exact) mass is 155 g/mol. The summed E-state index contributed by atoms with van der Waals surface area (Å²) >= 11 is 0. The zero-order valence-corrected chi connectivity index (χ0v) is 6.66. The summed E-state index contributed by atoms with van der Waals surface area (Å²) in [6.45, 7) is 4.22. The smallest absolute Gasteiger partial charge is 0.328 e. The van der Waals surface area contributed by atoms with E-state index in [2.05, 4.69) is 4.90 Å². The van der Waals surface area contributed by atoms with Crippen LogP contribution in [0.3, 0.4) is 0 Å². The highest BCUT2D eigenvalue weighted by Crippen LogP contribution is 2.11. The predicted molar refractivity (Wildman–Crippen MR) is 42.4 cm³/mol. The van der Waals surface area contributed by atoms with Gasteiger partial charge in [-0.2, -0.15) is 0 Å². The highest BCUT2D eigenvalue weighted by atomic mass is 16.4. The van der Waals surface area contributed by atoms with Gasteiger partial charge < -0.3 is 5.11 Å². The number of aliphatic carboxylic acids is 1. The third kappa shape index (κ3) is 2.35. The molecule has 0 spiro atoms. The number of carboxylic acids is 1. The normalized spacial score (nSPS) is 21.5. The summed E-state index contributed by atoms with van der Waals surface area (Å²) in [4.78, 5) is 12.4. The third-order valence-electron chi connectivity index (χ3n) is 1.98. The molecule has 0 saturated carbocycles. The minimum Gasteiger partial charge on any atom is -0.478 e. The summed E-state index contributed by atoms with van der Waals surface area (Å²) in [5, 5.41) is 8.33. The van der Waals surface area contributed by atoms with Crippen LogP contribution in [-0.4, -0.2) is 35.1 Å². The Hall–Kier alpha value is -0.830. The van der Waals surface area contributed by atoms with E-state index in [-0.39, 0.29) is 6.04 Å². The zero-order valence-electron chi connectivity index (χ0n) is 6.66. The molecule has 1 N–H and O–H groups in total. The van der Waals surface area contributed by atoms with Crippen LogP contribution in [0.25, 0.3) is 0 Å². The van der Waals surface area contributed by atoms with Crippen molar-refractivity contribution in [2.24, 2.45) is 0 Å². The zero-order chi connectivity index (χ0) is 8.27. The quantitative estimate of drug-likeness (QED) is 0.610. The highest BCUT2D eigenvalue weighted by Gasteiger charge is 2.17. The maximum Gasteiger partial charge on any atom is 0.328 e. The average Bonchev–Trinajstić information content (AvgIpc) is 1.79. The van der Waals surface area contributed by atoms with Gasteiger partial charge in [0.2, 0.25) is 0 Å². The van der Waals surface area contributed by atoms with Gasteiger partial charge in [-0.3, -0.25) is 4.90 Å². The molecule has 0 bridgehead atoms. The SMILES string of the molecule is C[C@H](/C=C/C(=O)O)N1CCC1. The van der Waals surface area contributed by atoms with Crippen molar-refractivity contribution in [2.45, 2.75) is 19.4 Å². The van der Waals surface area contributed by atoms with Crippen molar-refractivity contribution >= 4 is 5.97 Å². The van der Waals surface area contributed by atoms with Crippen LogP contribution in [0.2, 0.25) is 0 Å². The molecule has 1 atom stereocenters. The second-order valence-corrected chi connectivity index (χ2v) is 2.83. The Bertz CT molecular complexity index is 173. The molecular formula is C8H13NO2. The number of hydrogen-bond donors (Lipinski definition) is 1. The fourth-order valence-electron chi connectivity index (χ4n) is 1.09. The lowest BCUT2D eigenvalue weighted by atomic mass is 10.1. The first-order chi connectivity index (χ1) is 5.20. The Kier molecular flexibility index (Phi) is 2.65. The van der Waals surface area contributed by atoms with Gasteiger partial charge in [-0.05, 0) is 26.4 Å². The molecule has 0 radical (unpaired) electrons. The van der Waals surface area contributed by atoms with Crippen LogP contribution in [0.4, 0.5) is 0 Å². The van der Waals surface area contributed by atoms with Gasteiger partial charge >= 0.3 is 5.97 Å². The lowest BCUT2D eigenvalue weighted by Crippen LogP contribution is -2.42. The molecule has 0 amide bonds. The van der Waals surface area contributed by atoms with E-state index in [9.17, 15) is 4.79 Å². The van der Waals surface area contributed by atoms with Gasteiger partial charge in [-0.15, -0.1) is 0 Å². The molecule has 3 nitrogen and oxygen atoms in total. The Labute approximate surface area is 66.3 Å². The van der Waals surface area contributed by atoms with E-state index >= 15 is 0 Å². The highest BCUT2D eigenvalue weighted by molar-refractivity contribution is 5.79. The fraction of sp³-hybridized carbons (Fsp3) is 0.625. The largest absolute Gasteiger partial charge is 0.478 e. The number of rotatable bonds is 3. The maximum atomic E-state index is 10.1. The van der Waals surface area contributed by atoms with Gasteiger partial charge in [0, 0.05) is 12.1 Å². The van der Waals surface area contributed by atoms with E-state index in [4.69, 9.17) is 5.11 Å². The van der Waals surface area contributed by atoms with Gasteiger partial charge in [0.15, 0.2) is 0 Å². The number of nitrogens with zero attached hydrogens (tertiary/aromatic N) is 1. The lowest BCUT2D eigenvalue weighted by molar-refractivity contribution is -0.131. The van der Waals surface area contributed by atoms with Gasteiger partial charge in [-0.25, -0.2) is 4.79 Å². The van der Waals surface area contributed by atoms with Crippen LogP contribution < -0.4 is 0 Å². The molecule has 11 heavy (non-hydrogen) atoms. The van der Waals surface area contributed by atoms with Crippen molar-refractivity contribution in [3.63, 3.8) is 0 Å². The molecule has 1 aliphatic rings. The van der Waals surface area contributed by atoms with Crippen LogP contribution in [-0.2, 0) is 4.79 Å². The van der Waals surface area contributed by atoms with Crippen LogP contribution >= 0.6 is 0 Å². The standard InChI is InChI=1S/C8H13NO2/c1-7(3-4-8(10)11)9-5-2-6-9/h3-4,7H,2,5-6H2,1H3,(H,10,11)/b4-3+/t7-/m1/s1. The first kappa shape index (κ1) is 8.27. The van der Waals surface area contributed by atoms with Crippen molar-refractivity contribution in [1.82, 2.24) is 4.90 Å². The number of hydrogen-bond acceptors (Lipinski definition) is 2. The van der Waals surface area contributed by atoms with Crippen LogP contribution in [0.1, 0.15) is 13.3 Å². The summed E-state index contributed by atoms with van der Waals surface area (Å²) in [5.41, 5.74) is 0.